The summed E-state index contributed by atoms with van der Waals surface area (Å²) in [5.41, 5.74) is 1.77. The Bertz CT molecular complexity index is 482. The van der Waals surface area contributed by atoms with Crippen LogP contribution in [-0.2, 0) is 44.1 Å². The molecule has 0 unspecified atom stereocenters. The Labute approximate surface area is 157 Å². The van der Waals surface area contributed by atoms with E-state index < -0.39 is 0 Å². The number of rotatable bonds is 1. The number of aromatic nitrogens is 1. The molecule has 0 N–H and O–H groups in total. The van der Waals surface area contributed by atoms with Crippen LogP contribution in [0, 0.1) is 16.2 Å². The van der Waals surface area contributed by atoms with Crippen molar-refractivity contribution in [2.24, 2.45) is 10.8 Å². The molecule has 1 nitrogen and oxygen atoms in total. The van der Waals surface area contributed by atoms with Gasteiger partial charge in [-0.05, 0) is 0 Å². The summed E-state index contributed by atoms with van der Waals surface area (Å²) in [6.45, 7) is 19.8. The van der Waals surface area contributed by atoms with Crippen LogP contribution in [0.5, 0.6) is 0 Å². The summed E-state index contributed by atoms with van der Waals surface area (Å²) in [6, 6.07) is 0. The van der Waals surface area contributed by atoms with Gasteiger partial charge in [0.25, 0.3) is 0 Å². The SMILES string of the molecule is CC(C)(C)[C-]=[W].CC(C)(C)[C](=[W])c1[c-]sc(C(C)(C)C)n1. The van der Waals surface area contributed by atoms with E-state index >= 15 is 0 Å². The van der Waals surface area contributed by atoms with Crippen LogP contribution in [0.3, 0.4) is 0 Å². The molecule has 1 rings (SSSR count). The van der Waals surface area contributed by atoms with Crippen LogP contribution in [-0.4, -0.2) is 13.3 Å². The van der Waals surface area contributed by atoms with E-state index in [0.717, 1.165) is 5.69 Å². The van der Waals surface area contributed by atoms with Crippen LogP contribution >= 0.6 is 11.3 Å². The van der Waals surface area contributed by atoms with Gasteiger partial charge in [0, 0.05) is 0 Å². The molecule has 0 aromatic carbocycles. The predicted octanol–water partition coefficient (Wildman–Crippen LogP) is 4.61. The topological polar surface area (TPSA) is 12.9 Å². The zero-order valence-electron chi connectivity index (χ0n) is 14.7. The number of thiazole rings is 1. The van der Waals surface area contributed by atoms with Crippen molar-refractivity contribution >= 4 is 19.6 Å². The van der Waals surface area contributed by atoms with Gasteiger partial charge in [-0.15, -0.1) is 0 Å². The van der Waals surface area contributed by atoms with Crippen molar-refractivity contribution in [3.05, 3.63) is 16.1 Å². The molecule has 1 heterocycles. The van der Waals surface area contributed by atoms with Gasteiger partial charge in [-0.25, -0.2) is 0 Å². The fourth-order valence-electron chi connectivity index (χ4n) is 1.02. The number of hydrogen-bond donors (Lipinski definition) is 0. The Balaban J connectivity index is 0.000000567. The molecule has 120 valence electrons. The Morgan fingerprint density at radius 2 is 1.48 bits per heavy atom. The zero-order valence-corrected chi connectivity index (χ0v) is 21.4. The van der Waals surface area contributed by atoms with E-state index in [1.807, 2.05) is 0 Å². The molecule has 21 heavy (non-hydrogen) atoms. The molecule has 1 aromatic heterocycles. The molecule has 0 saturated heterocycles. The summed E-state index contributed by atoms with van der Waals surface area (Å²) in [5, 5.41) is 4.51. The monoisotopic (exact) mass is 645 g/mol. The van der Waals surface area contributed by atoms with E-state index in [1.54, 1.807) is 11.3 Å². The van der Waals surface area contributed by atoms with Gasteiger partial charge in [-0.3, -0.25) is 0 Å². The average molecular weight is 645 g/mol. The number of hydrogen-bond acceptors (Lipinski definition) is 2. The molecule has 0 radical (unpaired) electrons. The first-order valence-corrected chi connectivity index (χ1v) is 10.8. The van der Waals surface area contributed by atoms with E-state index in [9.17, 15) is 0 Å². The Morgan fingerprint density at radius 1 is 1.05 bits per heavy atom. The predicted molar refractivity (Wildman–Crippen MR) is 87.7 cm³/mol. The van der Waals surface area contributed by atoms with Gasteiger partial charge in [0.15, 0.2) is 0 Å². The fourth-order valence-corrected chi connectivity index (χ4v) is 2.40. The average Bonchev–Trinajstić information content (AvgIpc) is 2.75. The molecule has 0 atom stereocenters. The third kappa shape index (κ3) is 8.82. The molecule has 0 aliphatic heterocycles. The Morgan fingerprint density at radius 3 is 1.71 bits per heavy atom. The van der Waals surface area contributed by atoms with Gasteiger partial charge >= 0.3 is 158 Å². The third-order valence-corrected chi connectivity index (χ3v) is 8.59. The standard InChI is InChI=1S/C12H18NS.C5H9.2W/c1-11(2,3)7-9-8-14-10(13-9)12(4,5)6;1-5(2,3)4;;/h1-6H3;1-3H3;;/q2*-1;;. The first kappa shape index (κ1) is 21.7. The second-order valence-corrected chi connectivity index (χ2v) is 11.1. The van der Waals surface area contributed by atoms with E-state index in [1.165, 1.54) is 47.6 Å². The summed E-state index contributed by atoms with van der Waals surface area (Å²) >= 11 is 4.60. The fraction of sp³-hybridized carbons (Fsp3) is 0.706. The molecular formula is C17H27NSW2-2. The molecule has 0 fully saturated rings. The molecule has 4 heteroatoms. The van der Waals surface area contributed by atoms with Crippen LogP contribution in [0.4, 0.5) is 0 Å². The van der Waals surface area contributed by atoms with Crippen LogP contribution in [0.2, 0.25) is 0 Å². The van der Waals surface area contributed by atoms with Gasteiger partial charge in [0.2, 0.25) is 0 Å². The maximum atomic E-state index is 4.69. The maximum absolute atomic E-state index is 4.69. The number of nitrogens with zero attached hydrogens (tertiary/aromatic N) is 1. The summed E-state index contributed by atoms with van der Waals surface area (Å²) in [7, 11) is 0. The summed E-state index contributed by atoms with van der Waals surface area (Å²) in [6.07, 6.45) is 0. The van der Waals surface area contributed by atoms with Crippen molar-refractivity contribution in [1.82, 2.24) is 4.98 Å². The van der Waals surface area contributed by atoms with Gasteiger partial charge in [-0.1, -0.05) is 0 Å². The van der Waals surface area contributed by atoms with Crippen LogP contribution in [0.1, 0.15) is 73.0 Å². The van der Waals surface area contributed by atoms with E-state index in [4.69, 9.17) is 4.98 Å². The molecule has 0 bridgehead atoms. The van der Waals surface area contributed by atoms with Crippen molar-refractivity contribution in [2.75, 3.05) is 0 Å². The van der Waals surface area contributed by atoms with Gasteiger partial charge in [0.1, 0.15) is 0 Å². The van der Waals surface area contributed by atoms with Gasteiger partial charge in [-0.2, -0.15) is 0 Å². The first-order chi connectivity index (χ1) is 9.18. The Kier molecular flexibility index (Phi) is 8.31. The van der Waals surface area contributed by atoms with Crippen molar-refractivity contribution in [2.45, 2.75) is 67.7 Å². The van der Waals surface area contributed by atoms with Crippen LogP contribution in [0.15, 0.2) is 0 Å². The molecule has 1 aromatic rings. The quantitative estimate of drug-likeness (QED) is 0.407. The molecule has 0 spiro atoms. The molecular weight excluding hydrogens is 618 g/mol. The minimum atomic E-state index is 0.146. The Hall–Kier alpha value is 0.747. The van der Waals surface area contributed by atoms with Crippen molar-refractivity contribution in [1.29, 1.82) is 0 Å². The van der Waals surface area contributed by atoms with Crippen LogP contribution in [0.25, 0.3) is 0 Å². The minimum absolute atomic E-state index is 0.146. The molecule has 0 aliphatic rings. The van der Waals surface area contributed by atoms with E-state index in [2.05, 4.69) is 72.1 Å². The second kappa shape index (κ2) is 8.03. The molecule has 0 aliphatic carbocycles. The normalized spacial score (nSPS) is 12.4. The zero-order chi connectivity index (χ0) is 17.1. The third-order valence-electron chi connectivity index (χ3n) is 2.30. The van der Waals surface area contributed by atoms with Crippen LogP contribution < -0.4 is 0 Å². The first-order valence-electron chi connectivity index (χ1n) is 7.01. The molecule has 0 saturated carbocycles. The van der Waals surface area contributed by atoms with E-state index in [0.29, 0.717) is 5.41 Å². The van der Waals surface area contributed by atoms with Gasteiger partial charge in [0.05, 0.1) is 0 Å². The second-order valence-electron chi connectivity index (χ2n) is 8.15. The van der Waals surface area contributed by atoms with Crippen molar-refractivity contribution < 1.29 is 38.7 Å². The molecule has 0 amide bonds. The van der Waals surface area contributed by atoms with Crippen molar-refractivity contribution in [3.8, 4) is 0 Å². The van der Waals surface area contributed by atoms with E-state index in [-0.39, 0.29) is 10.8 Å². The van der Waals surface area contributed by atoms with Gasteiger partial charge < -0.3 is 0 Å². The summed E-state index contributed by atoms with van der Waals surface area (Å²) in [4.78, 5) is 4.69. The summed E-state index contributed by atoms with van der Waals surface area (Å²) in [5.74, 6) is 0. The van der Waals surface area contributed by atoms with Crippen molar-refractivity contribution in [3.63, 3.8) is 0 Å². The summed E-state index contributed by atoms with van der Waals surface area (Å²) < 4.78 is 4.58.